The van der Waals surface area contributed by atoms with Crippen LogP contribution in [0.3, 0.4) is 0 Å². The number of nitrogens with zero attached hydrogens (tertiary/aromatic N) is 5. The Morgan fingerprint density at radius 3 is 2.84 bits per heavy atom. The van der Waals surface area contributed by atoms with Gasteiger partial charge >= 0.3 is 0 Å². The first-order chi connectivity index (χ1) is 12.2. The molecule has 1 aliphatic rings. The highest BCUT2D eigenvalue weighted by Gasteiger charge is 2.32. The van der Waals surface area contributed by atoms with Crippen LogP contribution in [-0.4, -0.2) is 56.1 Å². The number of aromatic nitrogens is 3. The third kappa shape index (κ3) is 4.25. The molecule has 1 amide bonds. The topological polar surface area (TPSA) is 54.3 Å². The summed E-state index contributed by atoms with van der Waals surface area (Å²) in [5.74, 6) is 0.206. The lowest BCUT2D eigenvalue weighted by molar-refractivity contribution is -0.133. The average molecular weight is 341 g/mol. The molecule has 6 heteroatoms. The van der Waals surface area contributed by atoms with Gasteiger partial charge in [0.05, 0.1) is 6.54 Å². The van der Waals surface area contributed by atoms with E-state index in [2.05, 4.69) is 59.2 Å². The van der Waals surface area contributed by atoms with Gasteiger partial charge in [-0.2, -0.15) is 5.10 Å². The first-order valence-corrected chi connectivity index (χ1v) is 9.10. The highest BCUT2D eigenvalue weighted by Crippen LogP contribution is 2.26. The van der Waals surface area contributed by atoms with Crippen molar-refractivity contribution in [3.05, 3.63) is 48.5 Å². The Morgan fingerprint density at radius 2 is 2.16 bits per heavy atom. The van der Waals surface area contributed by atoms with E-state index in [0.29, 0.717) is 25.0 Å². The van der Waals surface area contributed by atoms with Gasteiger partial charge in [-0.1, -0.05) is 30.3 Å². The number of likely N-dealkylation sites (N-methyl/N-ethyl adjacent to an activating group) is 1. The summed E-state index contributed by atoms with van der Waals surface area (Å²) in [7, 11) is 0. The van der Waals surface area contributed by atoms with Gasteiger partial charge in [0.25, 0.3) is 0 Å². The number of hydrogen-bond donors (Lipinski definition) is 0. The van der Waals surface area contributed by atoms with Crippen molar-refractivity contribution in [2.75, 3.05) is 19.6 Å². The molecule has 1 saturated heterocycles. The van der Waals surface area contributed by atoms with Gasteiger partial charge in [-0.05, 0) is 25.8 Å². The monoisotopic (exact) mass is 341 g/mol. The second-order valence-electron chi connectivity index (χ2n) is 6.61. The van der Waals surface area contributed by atoms with E-state index >= 15 is 0 Å². The minimum Gasteiger partial charge on any atom is -0.339 e. The SMILES string of the molecule is CCN(C(=O)CCn1cncn1)C1CCN(C(C)c2ccccc2)C1. The minimum atomic E-state index is 0.206. The summed E-state index contributed by atoms with van der Waals surface area (Å²) < 4.78 is 1.71. The number of hydrogen-bond acceptors (Lipinski definition) is 4. The van der Waals surface area contributed by atoms with Crippen LogP contribution in [0.25, 0.3) is 0 Å². The number of carbonyl (C=O) groups excluding carboxylic acids is 1. The molecule has 25 heavy (non-hydrogen) atoms. The first kappa shape index (κ1) is 17.6. The fourth-order valence-corrected chi connectivity index (χ4v) is 3.66. The van der Waals surface area contributed by atoms with Crippen LogP contribution in [0.2, 0.25) is 0 Å². The van der Waals surface area contributed by atoms with E-state index in [9.17, 15) is 4.79 Å². The molecular formula is C19H27N5O. The summed E-state index contributed by atoms with van der Waals surface area (Å²) >= 11 is 0. The normalized spacial score (nSPS) is 19.0. The molecule has 0 spiro atoms. The lowest BCUT2D eigenvalue weighted by Crippen LogP contribution is -2.42. The number of likely N-dealkylation sites (tertiary alicyclic amines) is 1. The highest BCUT2D eigenvalue weighted by atomic mass is 16.2. The molecule has 6 nitrogen and oxygen atoms in total. The molecule has 2 heterocycles. The van der Waals surface area contributed by atoms with Gasteiger partial charge in [0.2, 0.25) is 5.91 Å². The Labute approximate surface area is 149 Å². The largest absolute Gasteiger partial charge is 0.339 e. The lowest BCUT2D eigenvalue weighted by atomic mass is 10.1. The molecular weight excluding hydrogens is 314 g/mol. The van der Waals surface area contributed by atoms with Crippen molar-refractivity contribution < 1.29 is 4.79 Å². The summed E-state index contributed by atoms with van der Waals surface area (Å²) in [6, 6.07) is 11.3. The Balaban J connectivity index is 1.56. The van der Waals surface area contributed by atoms with E-state index in [1.807, 2.05) is 4.90 Å². The maximum Gasteiger partial charge on any atom is 0.224 e. The third-order valence-corrected chi connectivity index (χ3v) is 5.15. The molecule has 1 aromatic carbocycles. The maximum atomic E-state index is 12.6. The van der Waals surface area contributed by atoms with Crippen molar-refractivity contribution in [2.45, 2.75) is 45.3 Å². The third-order valence-electron chi connectivity index (χ3n) is 5.15. The van der Waals surface area contributed by atoms with Crippen LogP contribution in [0.1, 0.15) is 38.3 Å². The number of aryl methyl sites for hydroxylation is 1. The van der Waals surface area contributed by atoms with E-state index < -0.39 is 0 Å². The van der Waals surface area contributed by atoms with E-state index in [1.54, 1.807) is 11.0 Å². The fraction of sp³-hybridized carbons (Fsp3) is 0.526. The molecule has 1 fully saturated rings. The van der Waals surface area contributed by atoms with E-state index in [1.165, 1.54) is 11.9 Å². The summed E-state index contributed by atoms with van der Waals surface area (Å²) in [5, 5.41) is 4.07. The van der Waals surface area contributed by atoms with Gasteiger partial charge in [-0.15, -0.1) is 0 Å². The number of benzene rings is 1. The van der Waals surface area contributed by atoms with Crippen LogP contribution in [0.15, 0.2) is 43.0 Å². The lowest BCUT2D eigenvalue weighted by Gasteiger charge is -2.30. The zero-order chi connectivity index (χ0) is 17.6. The van der Waals surface area contributed by atoms with Crippen molar-refractivity contribution >= 4 is 5.91 Å². The van der Waals surface area contributed by atoms with E-state index in [4.69, 9.17) is 0 Å². The summed E-state index contributed by atoms with van der Waals surface area (Å²) in [5.41, 5.74) is 1.34. The van der Waals surface area contributed by atoms with Crippen molar-refractivity contribution in [1.29, 1.82) is 0 Å². The molecule has 0 N–H and O–H groups in total. The van der Waals surface area contributed by atoms with Crippen LogP contribution in [0, 0.1) is 0 Å². The smallest absolute Gasteiger partial charge is 0.224 e. The summed E-state index contributed by atoms with van der Waals surface area (Å²) in [6.45, 7) is 7.64. The van der Waals surface area contributed by atoms with Gasteiger partial charge in [-0.3, -0.25) is 14.4 Å². The van der Waals surface area contributed by atoms with Gasteiger partial charge in [0.15, 0.2) is 0 Å². The zero-order valence-electron chi connectivity index (χ0n) is 15.1. The van der Waals surface area contributed by atoms with Crippen LogP contribution in [-0.2, 0) is 11.3 Å². The number of carbonyl (C=O) groups is 1. The summed E-state index contributed by atoms with van der Waals surface area (Å²) in [4.78, 5) is 21.1. The second kappa shape index (κ2) is 8.25. The van der Waals surface area contributed by atoms with Crippen molar-refractivity contribution in [3.8, 4) is 0 Å². The Kier molecular flexibility index (Phi) is 5.81. The second-order valence-corrected chi connectivity index (χ2v) is 6.61. The Bertz CT molecular complexity index is 658. The van der Waals surface area contributed by atoms with E-state index in [-0.39, 0.29) is 5.91 Å². The fourth-order valence-electron chi connectivity index (χ4n) is 3.66. The zero-order valence-corrected chi connectivity index (χ0v) is 15.1. The molecule has 3 rings (SSSR count). The van der Waals surface area contributed by atoms with Crippen LogP contribution in [0.4, 0.5) is 0 Å². The van der Waals surface area contributed by atoms with Gasteiger partial charge in [0, 0.05) is 38.1 Å². The molecule has 2 atom stereocenters. The summed E-state index contributed by atoms with van der Waals surface area (Å²) in [6.07, 6.45) is 4.67. The van der Waals surface area contributed by atoms with Crippen molar-refractivity contribution in [1.82, 2.24) is 24.6 Å². The molecule has 0 radical (unpaired) electrons. The Hall–Kier alpha value is -2.21. The quantitative estimate of drug-likeness (QED) is 0.776. The van der Waals surface area contributed by atoms with Crippen LogP contribution >= 0.6 is 0 Å². The number of amides is 1. The molecule has 0 aliphatic carbocycles. The molecule has 1 aliphatic heterocycles. The molecule has 1 aromatic heterocycles. The van der Waals surface area contributed by atoms with Crippen LogP contribution in [0.5, 0.6) is 0 Å². The molecule has 2 unspecified atom stereocenters. The first-order valence-electron chi connectivity index (χ1n) is 9.10. The predicted molar refractivity (Wildman–Crippen MR) is 96.9 cm³/mol. The maximum absolute atomic E-state index is 12.6. The van der Waals surface area contributed by atoms with Gasteiger partial charge in [-0.25, -0.2) is 4.98 Å². The Morgan fingerprint density at radius 1 is 1.36 bits per heavy atom. The van der Waals surface area contributed by atoms with Crippen molar-refractivity contribution in [2.24, 2.45) is 0 Å². The standard InChI is InChI=1S/C19H27N5O/c1-3-24(19(25)10-12-23-15-20-14-21-23)18-9-11-22(13-18)16(2)17-7-5-4-6-8-17/h4-8,14-16,18H,3,9-13H2,1-2H3. The van der Waals surface area contributed by atoms with Gasteiger partial charge in [0.1, 0.15) is 12.7 Å². The molecule has 134 valence electrons. The van der Waals surface area contributed by atoms with Gasteiger partial charge < -0.3 is 4.90 Å². The molecule has 0 bridgehead atoms. The van der Waals surface area contributed by atoms with Crippen molar-refractivity contribution in [3.63, 3.8) is 0 Å². The average Bonchev–Trinajstić information content (AvgIpc) is 3.33. The predicted octanol–water partition coefficient (Wildman–Crippen LogP) is 2.35. The highest BCUT2D eigenvalue weighted by molar-refractivity contribution is 5.76. The minimum absolute atomic E-state index is 0.206. The van der Waals surface area contributed by atoms with Crippen LogP contribution < -0.4 is 0 Å². The molecule has 0 saturated carbocycles. The molecule has 2 aromatic rings. The number of rotatable bonds is 7. The van der Waals surface area contributed by atoms with E-state index in [0.717, 1.165) is 26.1 Å².